The maximum absolute atomic E-state index is 13.2. The van der Waals surface area contributed by atoms with Crippen LogP contribution in [0.2, 0.25) is 10.0 Å². The standard InChI is InChI=1S/C34H24Cl2N3OP/c35-28-19-11-20-29(36)32(28)34(40)38-31-21-10-18-27-30(22-23-37-33(27)31)39-41(24-12-4-1-5-13-24,25-14-6-2-7-15-25)26-16-8-3-9-17-26/h1-23H,(H,38,40). The number of carbonyl (C=O) groups excluding carboxylic acids is 1. The van der Waals surface area contributed by atoms with Gasteiger partial charge in [-0.05, 0) is 24.3 Å². The largest absolute Gasteiger partial charge is 0.320 e. The predicted molar refractivity (Wildman–Crippen MR) is 173 cm³/mol. The van der Waals surface area contributed by atoms with E-state index in [1.165, 1.54) is 0 Å². The lowest BCUT2D eigenvalue weighted by atomic mass is 10.1. The van der Waals surface area contributed by atoms with Gasteiger partial charge in [0.2, 0.25) is 0 Å². The summed E-state index contributed by atoms with van der Waals surface area (Å²) in [6.45, 7) is 0. The predicted octanol–water partition coefficient (Wildman–Crippen LogP) is 8.60. The van der Waals surface area contributed by atoms with Crippen LogP contribution in [0.3, 0.4) is 0 Å². The molecule has 1 amide bonds. The van der Waals surface area contributed by atoms with Gasteiger partial charge in [0.25, 0.3) is 5.91 Å². The summed E-state index contributed by atoms with van der Waals surface area (Å²) >= 11 is 12.6. The molecule has 1 heterocycles. The van der Waals surface area contributed by atoms with Crippen molar-refractivity contribution in [1.82, 2.24) is 4.98 Å². The average Bonchev–Trinajstić information content (AvgIpc) is 3.01. The van der Waals surface area contributed by atoms with Crippen molar-refractivity contribution in [3.8, 4) is 0 Å². The van der Waals surface area contributed by atoms with Crippen molar-refractivity contribution in [3.05, 3.63) is 155 Å². The molecule has 0 saturated carbocycles. The van der Waals surface area contributed by atoms with Gasteiger partial charge in [-0.15, -0.1) is 0 Å². The summed E-state index contributed by atoms with van der Waals surface area (Å²) in [6.07, 6.45) is 1.73. The highest BCUT2D eigenvalue weighted by atomic mass is 35.5. The lowest BCUT2D eigenvalue weighted by Gasteiger charge is -2.27. The molecule has 0 saturated heterocycles. The summed E-state index contributed by atoms with van der Waals surface area (Å²) in [5.41, 5.74) is 2.17. The van der Waals surface area contributed by atoms with Gasteiger partial charge in [0.15, 0.2) is 0 Å². The summed E-state index contributed by atoms with van der Waals surface area (Å²) in [4.78, 5) is 17.9. The number of hydrogen-bond acceptors (Lipinski definition) is 3. The number of para-hydroxylation sites is 1. The smallest absolute Gasteiger partial charge is 0.258 e. The van der Waals surface area contributed by atoms with Crippen LogP contribution in [-0.4, -0.2) is 10.9 Å². The first-order valence-corrected chi connectivity index (χ1v) is 15.5. The first kappa shape index (κ1) is 27.0. The van der Waals surface area contributed by atoms with E-state index in [2.05, 4.69) is 83.1 Å². The Bertz CT molecular complexity index is 1790. The molecule has 0 aliphatic heterocycles. The molecule has 200 valence electrons. The molecular weight excluding hydrogens is 568 g/mol. The maximum Gasteiger partial charge on any atom is 0.258 e. The van der Waals surface area contributed by atoms with Crippen molar-refractivity contribution in [1.29, 1.82) is 0 Å². The monoisotopic (exact) mass is 591 g/mol. The van der Waals surface area contributed by atoms with E-state index < -0.39 is 13.0 Å². The van der Waals surface area contributed by atoms with Crippen molar-refractivity contribution in [2.45, 2.75) is 0 Å². The second-order valence-corrected chi connectivity index (χ2v) is 13.2. The molecule has 41 heavy (non-hydrogen) atoms. The number of aromatic nitrogens is 1. The molecule has 0 radical (unpaired) electrons. The average molecular weight is 592 g/mol. The lowest BCUT2D eigenvalue weighted by molar-refractivity contribution is 0.102. The van der Waals surface area contributed by atoms with Crippen LogP contribution in [0.4, 0.5) is 11.4 Å². The fraction of sp³-hybridized carbons (Fsp3) is 0. The van der Waals surface area contributed by atoms with Gasteiger partial charge in [-0.3, -0.25) is 14.5 Å². The second kappa shape index (κ2) is 11.7. The van der Waals surface area contributed by atoms with Gasteiger partial charge in [0.05, 0.1) is 39.6 Å². The summed E-state index contributed by atoms with van der Waals surface area (Å²) < 4.78 is 5.65. The number of pyridine rings is 1. The Morgan fingerprint density at radius 2 is 1.15 bits per heavy atom. The minimum atomic E-state index is -2.51. The van der Waals surface area contributed by atoms with E-state index in [4.69, 9.17) is 27.9 Å². The van der Waals surface area contributed by atoms with Crippen molar-refractivity contribution in [2.24, 2.45) is 4.74 Å². The molecular formula is C34H24Cl2N3OP. The molecule has 0 bridgehead atoms. The van der Waals surface area contributed by atoms with Gasteiger partial charge < -0.3 is 5.32 Å². The number of halogens is 2. The number of anilines is 1. The van der Waals surface area contributed by atoms with Crippen molar-refractivity contribution >= 4 is 74.4 Å². The molecule has 6 rings (SSSR count). The van der Waals surface area contributed by atoms with E-state index in [0.29, 0.717) is 11.2 Å². The van der Waals surface area contributed by atoms with Crippen LogP contribution in [-0.2, 0) is 0 Å². The number of nitrogens with zero attached hydrogens (tertiary/aromatic N) is 2. The molecule has 1 N–H and O–H groups in total. The first-order valence-electron chi connectivity index (χ1n) is 13.0. The van der Waals surface area contributed by atoms with E-state index in [-0.39, 0.29) is 15.6 Å². The van der Waals surface area contributed by atoms with Gasteiger partial charge in [-0.25, -0.2) is 0 Å². The fourth-order valence-electron chi connectivity index (χ4n) is 4.96. The molecule has 0 fully saturated rings. The molecule has 1 aromatic heterocycles. The zero-order valence-electron chi connectivity index (χ0n) is 21.8. The van der Waals surface area contributed by atoms with E-state index in [0.717, 1.165) is 27.0 Å². The molecule has 4 nitrogen and oxygen atoms in total. The number of benzene rings is 5. The number of fused-ring (bicyclic) bond motifs is 1. The highest BCUT2D eigenvalue weighted by Gasteiger charge is 2.28. The molecule has 0 aliphatic rings. The van der Waals surface area contributed by atoms with Crippen LogP contribution in [0.15, 0.2) is 144 Å². The minimum Gasteiger partial charge on any atom is -0.320 e. The van der Waals surface area contributed by atoms with Crippen LogP contribution in [0, 0.1) is 0 Å². The van der Waals surface area contributed by atoms with Crippen LogP contribution >= 0.6 is 30.3 Å². The van der Waals surface area contributed by atoms with Crippen LogP contribution in [0.5, 0.6) is 0 Å². The molecule has 7 heteroatoms. The van der Waals surface area contributed by atoms with Crippen molar-refractivity contribution in [3.63, 3.8) is 0 Å². The zero-order valence-corrected chi connectivity index (χ0v) is 24.2. The number of nitrogens with one attached hydrogen (secondary N) is 1. The van der Waals surface area contributed by atoms with E-state index in [9.17, 15) is 4.79 Å². The zero-order chi connectivity index (χ0) is 28.2. The Hall–Kier alpha value is -4.21. The Morgan fingerprint density at radius 3 is 1.68 bits per heavy atom. The third kappa shape index (κ3) is 5.18. The highest BCUT2D eigenvalue weighted by Crippen LogP contribution is 2.50. The fourth-order valence-corrected chi connectivity index (χ4v) is 9.08. The molecule has 5 aromatic carbocycles. The SMILES string of the molecule is O=C(Nc1cccc2c(N=P(c3ccccc3)(c3ccccc3)c3ccccc3)ccnc12)c1c(Cl)cccc1Cl. The molecule has 0 atom stereocenters. The number of rotatable bonds is 6. The Kier molecular flexibility index (Phi) is 7.71. The Labute approximate surface area is 248 Å². The van der Waals surface area contributed by atoms with Gasteiger partial charge in [0.1, 0.15) is 0 Å². The van der Waals surface area contributed by atoms with Gasteiger partial charge in [0, 0.05) is 27.5 Å². The summed E-state index contributed by atoms with van der Waals surface area (Å²) in [6, 6.07) is 43.9. The molecule has 0 aliphatic carbocycles. The first-order chi connectivity index (χ1) is 20.1. The molecule has 0 spiro atoms. The minimum absolute atomic E-state index is 0.218. The summed E-state index contributed by atoms with van der Waals surface area (Å²) in [5, 5.41) is 7.76. The second-order valence-electron chi connectivity index (χ2n) is 9.32. The topological polar surface area (TPSA) is 54.4 Å². The number of amides is 1. The Balaban J connectivity index is 1.59. The van der Waals surface area contributed by atoms with Gasteiger partial charge >= 0.3 is 0 Å². The highest BCUT2D eigenvalue weighted by molar-refractivity contribution is 7.87. The van der Waals surface area contributed by atoms with Crippen molar-refractivity contribution in [2.75, 3.05) is 5.32 Å². The van der Waals surface area contributed by atoms with Gasteiger partial charge in [-0.2, -0.15) is 0 Å². The Morgan fingerprint density at radius 1 is 0.634 bits per heavy atom. The molecule has 6 aromatic rings. The third-order valence-electron chi connectivity index (χ3n) is 6.83. The third-order valence-corrected chi connectivity index (χ3v) is 11.1. The quantitative estimate of drug-likeness (QED) is 0.197. The van der Waals surface area contributed by atoms with Crippen molar-refractivity contribution < 1.29 is 4.79 Å². The van der Waals surface area contributed by atoms with Gasteiger partial charge in [-0.1, -0.05) is 132 Å². The van der Waals surface area contributed by atoms with E-state index in [1.54, 1.807) is 24.4 Å². The number of carbonyl (C=O) groups is 1. The van der Waals surface area contributed by atoms with Crippen LogP contribution < -0.4 is 21.2 Å². The lowest BCUT2D eigenvalue weighted by Crippen LogP contribution is -2.25. The summed E-state index contributed by atoms with van der Waals surface area (Å²) in [5.74, 6) is -0.406. The maximum atomic E-state index is 13.2. The van der Waals surface area contributed by atoms with E-state index in [1.807, 2.05) is 42.5 Å². The number of hydrogen-bond donors (Lipinski definition) is 1. The normalized spacial score (nSPS) is 11.3. The summed E-state index contributed by atoms with van der Waals surface area (Å²) in [7, 11) is -2.51. The van der Waals surface area contributed by atoms with Crippen LogP contribution in [0.1, 0.15) is 10.4 Å². The van der Waals surface area contributed by atoms with E-state index >= 15 is 0 Å². The molecule has 0 unspecified atom stereocenters. The van der Waals surface area contributed by atoms with Crippen LogP contribution in [0.25, 0.3) is 10.9 Å².